The molecule has 0 saturated heterocycles. The first-order valence-corrected chi connectivity index (χ1v) is 8.98. The molecule has 0 fully saturated rings. The highest BCUT2D eigenvalue weighted by molar-refractivity contribution is 5.95. The Labute approximate surface area is 163 Å². The van der Waals surface area contributed by atoms with Crippen molar-refractivity contribution in [2.75, 3.05) is 17.3 Å². The van der Waals surface area contributed by atoms with Crippen molar-refractivity contribution in [3.63, 3.8) is 0 Å². The number of aromatic nitrogens is 2. The number of para-hydroxylation sites is 2. The van der Waals surface area contributed by atoms with E-state index in [0.29, 0.717) is 17.2 Å². The highest BCUT2D eigenvalue weighted by atomic mass is 15.1. The summed E-state index contributed by atoms with van der Waals surface area (Å²) in [6.07, 6.45) is 1.55. The summed E-state index contributed by atoms with van der Waals surface area (Å²) in [5.74, 6) is 1.35. The lowest BCUT2D eigenvalue weighted by Crippen LogP contribution is -2.12. The van der Waals surface area contributed by atoms with Gasteiger partial charge in [-0.15, -0.1) is 0 Å². The molecular formula is C23H19N5. The van der Waals surface area contributed by atoms with Gasteiger partial charge in [0.05, 0.1) is 16.8 Å². The third kappa shape index (κ3) is 3.36. The first-order chi connectivity index (χ1) is 13.7. The Kier molecular flexibility index (Phi) is 4.61. The van der Waals surface area contributed by atoms with Crippen LogP contribution in [0, 0.1) is 18.3 Å². The Hall–Kier alpha value is -3.91. The highest BCUT2D eigenvalue weighted by Crippen LogP contribution is 2.34. The maximum absolute atomic E-state index is 8.94. The molecule has 0 aliphatic heterocycles. The van der Waals surface area contributed by atoms with E-state index in [1.165, 1.54) is 5.56 Å². The van der Waals surface area contributed by atoms with Crippen LogP contribution in [0.25, 0.3) is 10.9 Å². The fourth-order valence-corrected chi connectivity index (χ4v) is 3.23. The van der Waals surface area contributed by atoms with Gasteiger partial charge in [-0.1, -0.05) is 36.4 Å². The average Bonchev–Trinajstić information content (AvgIpc) is 2.73. The summed E-state index contributed by atoms with van der Waals surface area (Å²) in [4.78, 5) is 11.2. The summed E-state index contributed by atoms with van der Waals surface area (Å²) in [6.45, 7) is 2.11. The summed E-state index contributed by atoms with van der Waals surface area (Å²) in [6, 6.07) is 24.0. The van der Waals surface area contributed by atoms with E-state index in [2.05, 4.69) is 53.4 Å². The number of anilines is 4. The van der Waals surface area contributed by atoms with E-state index in [1.54, 1.807) is 18.3 Å². The highest BCUT2D eigenvalue weighted by Gasteiger charge is 2.13. The van der Waals surface area contributed by atoms with E-state index in [0.717, 1.165) is 22.3 Å². The zero-order valence-corrected chi connectivity index (χ0v) is 15.7. The standard InChI is InChI=1S/C23H19N5/c1-16-7-3-6-10-20(16)28(2)21-13-23(26-19-9-5-4-8-18(19)21)27-22-12-11-17(14-24)15-25-22/h3-13,15H,1-2H3,(H,25,26,27). The summed E-state index contributed by atoms with van der Waals surface area (Å²) in [7, 11) is 2.06. The number of pyridine rings is 2. The van der Waals surface area contributed by atoms with Crippen LogP contribution in [0.1, 0.15) is 11.1 Å². The van der Waals surface area contributed by atoms with E-state index in [4.69, 9.17) is 10.2 Å². The van der Waals surface area contributed by atoms with Crippen LogP contribution in [0.15, 0.2) is 72.9 Å². The van der Waals surface area contributed by atoms with E-state index >= 15 is 0 Å². The van der Waals surface area contributed by atoms with Gasteiger partial charge in [-0.2, -0.15) is 5.26 Å². The molecule has 136 valence electrons. The molecule has 4 aromatic rings. The molecule has 0 spiro atoms. The fraction of sp³-hybridized carbons (Fsp3) is 0.0870. The second-order valence-corrected chi connectivity index (χ2v) is 6.56. The molecule has 4 rings (SSSR count). The Morgan fingerprint density at radius 1 is 0.929 bits per heavy atom. The molecule has 2 aromatic carbocycles. The van der Waals surface area contributed by atoms with Crippen molar-refractivity contribution in [1.82, 2.24) is 9.97 Å². The van der Waals surface area contributed by atoms with Crippen molar-refractivity contribution in [3.8, 4) is 6.07 Å². The molecule has 0 amide bonds. The summed E-state index contributed by atoms with van der Waals surface area (Å²) in [5.41, 5.74) is 4.82. The van der Waals surface area contributed by atoms with Crippen molar-refractivity contribution in [1.29, 1.82) is 5.26 Å². The maximum Gasteiger partial charge on any atom is 0.134 e. The first kappa shape index (κ1) is 17.5. The number of fused-ring (bicyclic) bond motifs is 1. The van der Waals surface area contributed by atoms with Crippen LogP contribution in [0.2, 0.25) is 0 Å². The van der Waals surface area contributed by atoms with Crippen molar-refractivity contribution < 1.29 is 0 Å². The number of hydrogen-bond acceptors (Lipinski definition) is 5. The second kappa shape index (κ2) is 7.37. The lowest BCUT2D eigenvalue weighted by Gasteiger charge is -2.24. The molecule has 0 unspecified atom stereocenters. The number of nitrogens with zero attached hydrogens (tertiary/aromatic N) is 4. The number of nitrogens with one attached hydrogen (secondary N) is 1. The van der Waals surface area contributed by atoms with Gasteiger partial charge in [0.2, 0.25) is 0 Å². The predicted molar refractivity (Wildman–Crippen MR) is 113 cm³/mol. The number of nitriles is 1. The molecular weight excluding hydrogens is 346 g/mol. The Balaban J connectivity index is 1.79. The normalized spacial score (nSPS) is 10.5. The van der Waals surface area contributed by atoms with Crippen LogP contribution in [-0.4, -0.2) is 17.0 Å². The van der Waals surface area contributed by atoms with E-state index in [1.807, 2.05) is 36.4 Å². The number of rotatable bonds is 4. The third-order valence-corrected chi connectivity index (χ3v) is 4.68. The first-order valence-electron chi connectivity index (χ1n) is 8.98. The zero-order chi connectivity index (χ0) is 19.5. The quantitative estimate of drug-likeness (QED) is 0.530. The molecule has 28 heavy (non-hydrogen) atoms. The van der Waals surface area contributed by atoms with Gasteiger partial charge in [-0.3, -0.25) is 0 Å². The molecule has 0 bridgehead atoms. The van der Waals surface area contributed by atoms with Gasteiger partial charge < -0.3 is 10.2 Å². The van der Waals surface area contributed by atoms with Gasteiger partial charge in [0.15, 0.2) is 0 Å². The van der Waals surface area contributed by atoms with Gasteiger partial charge in [0.25, 0.3) is 0 Å². The fourth-order valence-electron chi connectivity index (χ4n) is 3.23. The topological polar surface area (TPSA) is 64.8 Å². The van der Waals surface area contributed by atoms with Gasteiger partial charge in [-0.05, 0) is 36.8 Å². The monoisotopic (exact) mass is 365 g/mol. The molecule has 0 saturated carbocycles. The molecule has 2 aromatic heterocycles. The molecule has 0 aliphatic rings. The van der Waals surface area contributed by atoms with Crippen molar-refractivity contribution in [2.45, 2.75) is 6.92 Å². The SMILES string of the molecule is Cc1ccccc1N(C)c1cc(Nc2ccc(C#N)cn2)nc2ccccc12. The smallest absolute Gasteiger partial charge is 0.134 e. The number of hydrogen-bond donors (Lipinski definition) is 1. The minimum Gasteiger partial charge on any atom is -0.344 e. The summed E-state index contributed by atoms with van der Waals surface area (Å²) >= 11 is 0. The Morgan fingerprint density at radius 2 is 1.71 bits per heavy atom. The maximum atomic E-state index is 8.94. The van der Waals surface area contributed by atoms with Gasteiger partial charge in [0.1, 0.15) is 17.7 Å². The van der Waals surface area contributed by atoms with Crippen LogP contribution in [0.5, 0.6) is 0 Å². The van der Waals surface area contributed by atoms with E-state index < -0.39 is 0 Å². The van der Waals surface area contributed by atoms with Crippen LogP contribution in [-0.2, 0) is 0 Å². The molecule has 0 atom stereocenters. The Bertz CT molecular complexity index is 1180. The van der Waals surface area contributed by atoms with E-state index in [-0.39, 0.29) is 0 Å². The van der Waals surface area contributed by atoms with Crippen molar-refractivity contribution in [3.05, 3.63) is 84.1 Å². The zero-order valence-electron chi connectivity index (χ0n) is 15.7. The van der Waals surface area contributed by atoms with E-state index in [9.17, 15) is 0 Å². The summed E-state index contributed by atoms with van der Waals surface area (Å²) < 4.78 is 0. The lowest BCUT2D eigenvalue weighted by molar-refractivity contribution is 1.18. The minimum absolute atomic E-state index is 0.525. The van der Waals surface area contributed by atoms with Gasteiger partial charge in [-0.25, -0.2) is 9.97 Å². The molecule has 1 N–H and O–H groups in total. The van der Waals surface area contributed by atoms with Crippen molar-refractivity contribution in [2.24, 2.45) is 0 Å². The van der Waals surface area contributed by atoms with Crippen LogP contribution >= 0.6 is 0 Å². The second-order valence-electron chi connectivity index (χ2n) is 6.56. The Morgan fingerprint density at radius 3 is 2.46 bits per heavy atom. The molecule has 2 heterocycles. The average molecular weight is 365 g/mol. The largest absolute Gasteiger partial charge is 0.344 e. The lowest BCUT2D eigenvalue weighted by atomic mass is 10.1. The molecule has 5 heteroatoms. The molecule has 5 nitrogen and oxygen atoms in total. The third-order valence-electron chi connectivity index (χ3n) is 4.68. The van der Waals surface area contributed by atoms with Crippen molar-refractivity contribution >= 4 is 33.9 Å². The number of aryl methyl sites for hydroxylation is 1. The minimum atomic E-state index is 0.525. The van der Waals surface area contributed by atoms with Gasteiger partial charge in [0, 0.05) is 30.4 Å². The molecule has 0 aliphatic carbocycles. The predicted octanol–water partition coefficient (Wildman–Crippen LogP) is 5.32. The van der Waals surface area contributed by atoms with Gasteiger partial charge >= 0.3 is 0 Å². The van der Waals surface area contributed by atoms with Crippen LogP contribution < -0.4 is 10.2 Å². The van der Waals surface area contributed by atoms with Crippen LogP contribution in [0.3, 0.4) is 0 Å². The summed E-state index contributed by atoms with van der Waals surface area (Å²) in [5, 5.41) is 13.3. The number of benzene rings is 2. The molecule has 0 radical (unpaired) electrons. The van der Waals surface area contributed by atoms with Crippen LogP contribution in [0.4, 0.5) is 23.0 Å².